The number of rotatable bonds is 11. The molecule has 0 aromatic heterocycles. The maximum absolute atomic E-state index is 12.8. The molecule has 2 N–H and O–H groups in total. The Balaban J connectivity index is 0.000000277. The standard InChI is InChI=1S/C21H18O5S.C19H16O4S.K.H2O/c1-16(22)26-21-14-19(27(23,24)18-10-6-3-7-11-18)12-13-20(21)25-15-17-8-4-2-5-9-17;20-18-13-17(24(21,22)16-9-5-2-6-10-16)11-12-19(18)23-14-15-7-3-1-4-8-15;;/h2-14H,15H2,1H3;1-13,20H,14H2;;1H2/q;;+1;/p-1. The number of esters is 1. The molecule has 10 nitrogen and oxygen atoms in total. The molecule has 0 aliphatic rings. The quantitative estimate of drug-likeness (QED) is 0.111. The van der Waals surface area contributed by atoms with E-state index in [-0.39, 0.29) is 100 Å². The van der Waals surface area contributed by atoms with Crippen LogP contribution in [0.2, 0.25) is 0 Å². The van der Waals surface area contributed by atoms with E-state index in [2.05, 4.69) is 0 Å². The van der Waals surface area contributed by atoms with Crippen LogP contribution in [0.15, 0.2) is 177 Å². The minimum Gasteiger partial charge on any atom is -0.870 e. The van der Waals surface area contributed by atoms with Crippen LogP contribution in [0.1, 0.15) is 18.1 Å². The van der Waals surface area contributed by atoms with Crippen LogP contribution in [-0.2, 0) is 37.7 Å². The molecule has 13 heteroatoms. The number of carbonyl (C=O) groups excluding carboxylic acids is 1. The van der Waals surface area contributed by atoms with Crippen LogP contribution in [0.5, 0.6) is 23.0 Å². The summed E-state index contributed by atoms with van der Waals surface area (Å²) >= 11 is 0. The van der Waals surface area contributed by atoms with Crippen molar-refractivity contribution in [2.75, 3.05) is 0 Å². The van der Waals surface area contributed by atoms with Crippen molar-refractivity contribution in [2.24, 2.45) is 0 Å². The number of benzene rings is 6. The van der Waals surface area contributed by atoms with Crippen LogP contribution in [0, 0.1) is 0 Å². The summed E-state index contributed by atoms with van der Waals surface area (Å²) in [5.74, 6) is -0.167. The van der Waals surface area contributed by atoms with Gasteiger partial charge in [-0.3, -0.25) is 4.79 Å². The number of hydrogen-bond acceptors (Lipinski definition) is 10. The SMILES string of the molecule is CC(=O)Oc1cc(S(=O)(=O)c2ccccc2)ccc1OCc1ccccc1.O=S(=O)(c1ccccc1)c1ccc(OCc2ccccc2)c(O)c1.[K+].[OH-]. The number of phenols is 1. The summed E-state index contributed by atoms with van der Waals surface area (Å²) in [6.45, 7) is 1.80. The summed E-state index contributed by atoms with van der Waals surface area (Å²) in [6.07, 6.45) is 0. The van der Waals surface area contributed by atoms with Gasteiger partial charge in [0.05, 0.1) is 19.6 Å². The van der Waals surface area contributed by atoms with Gasteiger partial charge < -0.3 is 24.8 Å². The topological polar surface area (TPSA) is 163 Å². The van der Waals surface area contributed by atoms with E-state index < -0.39 is 25.6 Å². The largest absolute Gasteiger partial charge is 1.00 e. The molecule has 0 bridgehead atoms. The molecule has 268 valence electrons. The van der Waals surface area contributed by atoms with Crippen molar-refractivity contribution in [3.8, 4) is 23.0 Å². The molecule has 0 atom stereocenters. The molecule has 6 aromatic carbocycles. The minimum absolute atomic E-state index is 0. The Morgan fingerprint density at radius 1 is 0.509 bits per heavy atom. The Labute approximate surface area is 351 Å². The average molecular weight is 779 g/mol. The monoisotopic (exact) mass is 778 g/mol. The molecule has 0 aliphatic heterocycles. The van der Waals surface area contributed by atoms with Crippen LogP contribution in [0.25, 0.3) is 0 Å². The van der Waals surface area contributed by atoms with Crippen molar-refractivity contribution in [2.45, 2.75) is 39.7 Å². The summed E-state index contributed by atoms with van der Waals surface area (Å²) in [5, 5.41) is 10.1. The van der Waals surface area contributed by atoms with E-state index in [1.807, 2.05) is 60.7 Å². The van der Waals surface area contributed by atoms with Crippen LogP contribution < -0.4 is 65.6 Å². The number of sulfone groups is 2. The third-order valence-electron chi connectivity index (χ3n) is 7.30. The van der Waals surface area contributed by atoms with Crippen LogP contribution in [0.3, 0.4) is 0 Å². The van der Waals surface area contributed by atoms with Gasteiger partial charge in [-0.05, 0) is 59.7 Å². The Morgan fingerprint density at radius 2 is 0.887 bits per heavy atom. The van der Waals surface area contributed by atoms with Crippen molar-refractivity contribution < 1.29 is 97.8 Å². The van der Waals surface area contributed by atoms with Crippen molar-refractivity contribution in [1.82, 2.24) is 0 Å². The van der Waals surface area contributed by atoms with Gasteiger partial charge in [0.1, 0.15) is 13.2 Å². The maximum atomic E-state index is 12.8. The molecule has 6 aromatic rings. The van der Waals surface area contributed by atoms with Crippen molar-refractivity contribution >= 4 is 25.6 Å². The van der Waals surface area contributed by atoms with Crippen molar-refractivity contribution in [3.63, 3.8) is 0 Å². The number of carbonyl (C=O) groups is 1. The molecule has 0 radical (unpaired) electrons. The third kappa shape index (κ3) is 11.8. The van der Waals surface area contributed by atoms with Gasteiger partial charge in [0.25, 0.3) is 0 Å². The van der Waals surface area contributed by atoms with Gasteiger partial charge in [0.2, 0.25) is 19.7 Å². The average Bonchev–Trinajstić information content (AvgIpc) is 3.15. The molecule has 0 spiro atoms. The molecule has 0 unspecified atom stereocenters. The summed E-state index contributed by atoms with van der Waals surface area (Å²) in [7, 11) is -7.39. The first-order chi connectivity index (χ1) is 24.5. The smallest absolute Gasteiger partial charge is 0.870 e. The fraction of sp³-hybridized carbons (Fsp3) is 0.0750. The zero-order chi connectivity index (χ0) is 36.3. The molecule has 0 amide bonds. The fourth-order valence-electron chi connectivity index (χ4n) is 4.74. The molecular weight excluding hydrogens is 744 g/mol. The molecule has 0 fully saturated rings. The van der Waals surface area contributed by atoms with Gasteiger partial charge in [0, 0.05) is 19.1 Å². The molecule has 0 saturated carbocycles. The Kier molecular flexibility index (Phi) is 16.4. The predicted molar refractivity (Wildman–Crippen MR) is 193 cm³/mol. The maximum Gasteiger partial charge on any atom is 1.00 e. The fourth-order valence-corrected chi connectivity index (χ4v) is 7.34. The number of hydrogen-bond donors (Lipinski definition) is 1. The summed E-state index contributed by atoms with van der Waals surface area (Å²) in [5.41, 5.74) is 1.89. The Bertz CT molecular complexity index is 2290. The van der Waals surface area contributed by atoms with Gasteiger partial charge in [-0.2, -0.15) is 0 Å². The van der Waals surface area contributed by atoms with Gasteiger partial charge >= 0.3 is 57.4 Å². The van der Waals surface area contributed by atoms with Gasteiger partial charge in [-0.15, -0.1) is 0 Å². The Hall–Kier alpha value is -4.31. The van der Waals surface area contributed by atoms with Crippen molar-refractivity contribution in [3.05, 3.63) is 169 Å². The van der Waals surface area contributed by atoms with Gasteiger partial charge in [-0.25, -0.2) is 16.8 Å². The van der Waals surface area contributed by atoms with Crippen molar-refractivity contribution in [1.29, 1.82) is 0 Å². The molecule has 0 aliphatic carbocycles. The number of phenolic OH excluding ortho intramolecular Hbond substituents is 1. The third-order valence-corrected chi connectivity index (χ3v) is 10.8. The second-order valence-electron chi connectivity index (χ2n) is 11.0. The molecular formula is C40H35KO10S2. The summed E-state index contributed by atoms with van der Waals surface area (Å²) in [6, 6.07) is 43.5. The zero-order valence-corrected chi connectivity index (χ0v) is 33.7. The van der Waals surface area contributed by atoms with E-state index in [0.29, 0.717) is 12.4 Å². The minimum atomic E-state index is -3.73. The van der Waals surface area contributed by atoms with E-state index in [0.717, 1.165) is 11.1 Å². The second-order valence-corrected chi connectivity index (χ2v) is 14.9. The molecule has 53 heavy (non-hydrogen) atoms. The van der Waals surface area contributed by atoms with E-state index in [4.69, 9.17) is 14.2 Å². The molecule has 0 saturated heterocycles. The van der Waals surface area contributed by atoms with Gasteiger partial charge in [-0.1, -0.05) is 97.1 Å². The Morgan fingerprint density at radius 3 is 1.30 bits per heavy atom. The number of aromatic hydroxyl groups is 1. The van der Waals surface area contributed by atoms with Crippen LogP contribution >= 0.6 is 0 Å². The first-order valence-corrected chi connectivity index (χ1v) is 18.6. The van der Waals surface area contributed by atoms with E-state index >= 15 is 0 Å². The first-order valence-electron chi connectivity index (χ1n) is 15.6. The van der Waals surface area contributed by atoms with E-state index in [9.17, 15) is 26.7 Å². The zero-order valence-electron chi connectivity index (χ0n) is 28.9. The van der Waals surface area contributed by atoms with Crippen LogP contribution in [0.4, 0.5) is 0 Å². The van der Waals surface area contributed by atoms with Crippen LogP contribution in [-0.4, -0.2) is 33.4 Å². The normalized spacial score (nSPS) is 10.7. The first kappa shape index (κ1) is 43.1. The molecule has 0 heterocycles. The second kappa shape index (κ2) is 20.2. The number of ether oxygens (including phenoxy) is 3. The summed E-state index contributed by atoms with van der Waals surface area (Å²) < 4.78 is 67.1. The molecule has 6 rings (SSSR count). The van der Waals surface area contributed by atoms with E-state index in [1.165, 1.54) is 67.6 Å². The summed E-state index contributed by atoms with van der Waals surface area (Å²) in [4.78, 5) is 11.8. The van der Waals surface area contributed by atoms with E-state index in [1.54, 1.807) is 36.4 Å². The van der Waals surface area contributed by atoms with Gasteiger partial charge in [0.15, 0.2) is 23.0 Å². The predicted octanol–water partition coefficient (Wildman–Crippen LogP) is 4.65.